The molecule has 0 saturated carbocycles. The third-order valence-corrected chi connectivity index (χ3v) is 1.94. The summed E-state index contributed by atoms with van der Waals surface area (Å²) in [7, 11) is 2.87. The fourth-order valence-electron chi connectivity index (χ4n) is 1.09. The number of amides is 1. The molecule has 88 valence electrons. The number of likely N-dealkylation sites (N-methyl/N-ethyl adjacent to an activating group) is 1. The Hall–Kier alpha value is -1.82. The van der Waals surface area contributed by atoms with E-state index < -0.39 is 5.97 Å². The number of furan rings is 1. The number of methoxy groups -OCH3 is 1. The van der Waals surface area contributed by atoms with E-state index in [-0.39, 0.29) is 12.5 Å². The lowest BCUT2D eigenvalue weighted by atomic mass is 10.3. The molecule has 1 aromatic heterocycles. The molecule has 0 saturated heterocycles. The number of carbonyl (C=O) groups excluding carboxylic acids is 2. The zero-order valence-electron chi connectivity index (χ0n) is 9.20. The van der Waals surface area contributed by atoms with Crippen LogP contribution < -0.4 is 10.6 Å². The van der Waals surface area contributed by atoms with Gasteiger partial charge < -0.3 is 19.8 Å². The average Bonchev–Trinajstić information content (AvgIpc) is 2.76. The lowest BCUT2D eigenvalue weighted by molar-refractivity contribution is -0.119. The molecule has 6 heteroatoms. The Balaban J connectivity index is 2.41. The summed E-state index contributed by atoms with van der Waals surface area (Å²) in [6, 6.07) is 1.57. The van der Waals surface area contributed by atoms with Gasteiger partial charge in [0, 0.05) is 7.05 Å². The van der Waals surface area contributed by atoms with Gasteiger partial charge in [-0.15, -0.1) is 0 Å². The van der Waals surface area contributed by atoms with Gasteiger partial charge in [0.05, 0.1) is 25.8 Å². The Labute approximate surface area is 93.0 Å². The van der Waals surface area contributed by atoms with Crippen molar-refractivity contribution < 1.29 is 18.7 Å². The number of hydrogen-bond donors (Lipinski definition) is 2. The quantitative estimate of drug-likeness (QED) is 0.685. The summed E-state index contributed by atoms with van der Waals surface area (Å²) in [6.07, 6.45) is 1.32. The first-order valence-electron chi connectivity index (χ1n) is 4.74. The maximum absolute atomic E-state index is 11.1. The Kier molecular flexibility index (Phi) is 4.53. The summed E-state index contributed by atoms with van der Waals surface area (Å²) in [6.45, 7) is 0.579. The fraction of sp³-hybridized carbons (Fsp3) is 0.400. The van der Waals surface area contributed by atoms with Crippen molar-refractivity contribution in [2.45, 2.75) is 6.54 Å². The smallest absolute Gasteiger partial charge is 0.341 e. The van der Waals surface area contributed by atoms with Crippen LogP contribution in [0, 0.1) is 0 Å². The summed E-state index contributed by atoms with van der Waals surface area (Å²) in [4.78, 5) is 22.0. The maximum atomic E-state index is 11.1. The number of esters is 1. The average molecular weight is 226 g/mol. The van der Waals surface area contributed by atoms with Crippen LogP contribution in [0.25, 0.3) is 0 Å². The molecule has 0 spiro atoms. The van der Waals surface area contributed by atoms with Gasteiger partial charge in [0.15, 0.2) is 0 Å². The van der Waals surface area contributed by atoms with Crippen LogP contribution in [0.3, 0.4) is 0 Å². The standard InChI is InChI=1S/C10H14N2O4/c1-11-9(13)5-12-4-8-3-7(6-16-8)10(14)15-2/h3,6,12H,4-5H2,1-2H3,(H,11,13). The molecular formula is C10H14N2O4. The number of hydrogen-bond acceptors (Lipinski definition) is 5. The molecule has 1 rings (SSSR count). The van der Waals surface area contributed by atoms with E-state index in [1.807, 2.05) is 0 Å². The van der Waals surface area contributed by atoms with Crippen LogP contribution in [0.1, 0.15) is 16.1 Å². The van der Waals surface area contributed by atoms with Crippen molar-refractivity contribution in [2.75, 3.05) is 20.7 Å². The second-order valence-corrected chi connectivity index (χ2v) is 3.07. The van der Waals surface area contributed by atoms with Crippen LogP contribution in [0.4, 0.5) is 0 Å². The van der Waals surface area contributed by atoms with Crippen LogP contribution in [-0.2, 0) is 16.1 Å². The molecule has 0 aliphatic rings. The van der Waals surface area contributed by atoms with E-state index >= 15 is 0 Å². The van der Waals surface area contributed by atoms with Crippen molar-refractivity contribution in [3.63, 3.8) is 0 Å². The molecule has 0 atom stereocenters. The molecule has 1 amide bonds. The highest BCUT2D eigenvalue weighted by molar-refractivity contribution is 5.88. The SMILES string of the molecule is CNC(=O)CNCc1cc(C(=O)OC)co1. The minimum atomic E-state index is -0.443. The second-order valence-electron chi connectivity index (χ2n) is 3.07. The zero-order valence-corrected chi connectivity index (χ0v) is 9.20. The van der Waals surface area contributed by atoms with Gasteiger partial charge in [-0.05, 0) is 6.07 Å². The van der Waals surface area contributed by atoms with Crippen LogP contribution >= 0.6 is 0 Å². The van der Waals surface area contributed by atoms with E-state index in [0.717, 1.165) is 0 Å². The molecule has 0 aliphatic carbocycles. The van der Waals surface area contributed by atoms with Crippen molar-refractivity contribution >= 4 is 11.9 Å². The van der Waals surface area contributed by atoms with Gasteiger partial charge in [0.1, 0.15) is 12.0 Å². The molecule has 0 aliphatic heterocycles. The minimum Gasteiger partial charge on any atom is -0.467 e. The van der Waals surface area contributed by atoms with E-state index in [2.05, 4.69) is 15.4 Å². The van der Waals surface area contributed by atoms with E-state index in [1.165, 1.54) is 13.4 Å². The number of nitrogens with one attached hydrogen (secondary N) is 2. The Morgan fingerprint density at radius 2 is 2.25 bits per heavy atom. The maximum Gasteiger partial charge on any atom is 0.341 e. The molecule has 6 nitrogen and oxygen atoms in total. The highest BCUT2D eigenvalue weighted by atomic mass is 16.5. The summed E-state index contributed by atoms with van der Waals surface area (Å²) in [5.41, 5.74) is 0.360. The molecule has 0 fully saturated rings. The molecular weight excluding hydrogens is 212 g/mol. The zero-order chi connectivity index (χ0) is 12.0. The highest BCUT2D eigenvalue weighted by Crippen LogP contribution is 2.08. The molecule has 0 bridgehead atoms. The van der Waals surface area contributed by atoms with Gasteiger partial charge in [-0.25, -0.2) is 4.79 Å². The lowest BCUT2D eigenvalue weighted by Gasteiger charge is -2.00. The first kappa shape index (κ1) is 12.3. The molecule has 0 unspecified atom stereocenters. The summed E-state index contributed by atoms with van der Waals surface area (Å²) in [5, 5.41) is 5.34. The first-order chi connectivity index (χ1) is 7.67. The lowest BCUT2D eigenvalue weighted by Crippen LogP contribution is -2.30. The Morgan fingerprint density at radius 3 is 2.88 bits per heavy atom. The first-order valence-corrected chi connectivity index (χ1v) is 4.74. The largest absolute Gasteiger partial charge is 0.467 e. The van der Waals surface area contributed by atoms with Gasteiger partial charge in [-0.1, -0.05) is 0 Å². The topological polar surface area (TPSA) is 80.6 Å². The Bertz CT molecular complexity index is 373. The summed E-state index contributed by atoms with van der Waals surface area (Å²) < 4.78 is 9.63. The monoisotopic (exact) mass is 226 g/mol. The van der Waals surface area contributed by atoms with Gasteiger partial charge in [0.2, 0.25) is 5.91 Å². The van der Waals surface area contributed by atoms with Crippen LogP contribution in [0.5, 0.6) is 0 Å². The fourth-order valence-corrected chi connectivity index (χ4v) is 1.09. The van der Waals surface area contributed by atoms with Crippen LogP contribution in [-0.4, -0.2) is 32.6 Å². The molecule has 1 heterocycles. The van der Waals surface area contributed by atoms with Gasteiger partial charge in [-0.3, -0.25) is 4.79 Å². The van der Waals surface area contributed by atoms with Crippen molar-refractivity contribution in [1.82, 2.24) is 10.6 Å². The summed E-state index contributed by atoms with van der Waals surface area (Å²) in [5.74, 6) is 0.0188. The van der Waals surface area contributed by atoms with Crippen molar-refractivity contribution in [3.8, 4) is 0 Å². The number of ether oxygens (including phenoxy) is 1. The normalized spacial score (nSPS) is 9.88. The molecule has 2 N–H and O–H groups in total. The van der Waals surface area contributed by atoms with Crippen molar-refractivity contribution in [1.29, 1.82) is 0 Å². The number of rotatable bonds is 5. The Morgan fingerprint density at radius 1 is 1.50 bits per heavy atom. The molecule has 16 heavy (non-hydrogen) atoms. The van der Waals surface area contributed by atoms with Crippen LogP contribution in [0.15, 0.2) is 16.7 Å². The molecule has 0 radical (unpaired) electrons. The van der Waals surface area contributed by atoms with E-state index in [4.69, 9.17) is 4.42 Å². The van der Waals surface area contributed by atoms with E-state index in [1.54, 1.807) is 13.1 Å². The van der Waals surface area contributed by atoms with E-state index in [9.17, 15) is 9.59 Å². The summed E-state index contributed by atoms with van der Waals surface area (Å²) >= 11 is 0. The minimum absolute atomic E-state index is 0.111. The predicted molar refractivity (Wildman–Crippen MR) is 55.8 cm³/mol. The third kappa shape index (κ3) is 3.39. The van der Waals surface area contributed by atoms with Crippen molar-refractivity contribution in [3.05, 3.63) is 23.7 Å². The molecule has 1 aromatic rings. The van der Waals surface area contributed by atoms with Crippen LogP contribution in [0.2, 0.25) is 0 Å². The van der Waals surface area contributed by atoms with Crippen molar-refractivity contribution in [2.24, 2.45) is 0 Å². The van der Waals surface area contributed by atoms with E-state index in [0.29, 0.717) is 17.9 Å². The predicted octanol–water partition coefficient (Wildman–Crippen LogP) is -0.0982. The van der Waals surface area contributed by atoms with Gasteiger partial charge in [-0.2, -0.15) is 0 Å². The second kappa shape index (κ2) is 5.92. The number of carbonyl (C=O) groups is 2. The van der Waals surface area contributed by atoms with Gasteiger partial charge >= 0.3 is 5.97 Å². The van der Waals surface area contributed by atoms with Gasteiger partial charge in [0.25, 0.3) is 0 Å². The third-order valence-electron chi connectivity index (χ3n) is 1.94. The highest BCUT2D eigenvalue weighted by Gasteiger charge is 2.09. The molecule has 0 aromatic carbocycles.